The minimum absolute atomic E-state index is 0.0992. The third kappa shape index (κ3) is 2.80. The van der Waals surface area contributed by atoms with Gasteiger partial charge in [-0.1, -0.05) is 0 Å². The first-order valence-electron chi connectivity index (χ1n) is 7.63. The molecule has 3 unspecified atom stereocenters. The SMILES string of the molecule is CC1(C)Oc2ccc([N+](=O)[O-])cc2C([N+]2([O-])CCCCS2)C1O. The molecule has 0 spiro atoms. The smallest absolute Gasteiger partial charge is 0.270 e. The zero-order chi connectivity index (χ0) is 16.8. The lowest BCUT2D eigenvalue weighted by Gasteiger charge is -2.54. The highest BCUT2D eigenvalue weighted by molar-refractivity contribution is 7.93. The monoisotopic (exact) mass is 340 g/mol. The van der Waals surface area contributed by atoms with Crippen LogP contribution in [0.25, 0.3) is 0 Å². The predicted octanol–water partition coefficient (Wildman–Crippen LogP) is 2.92. The molecule has 1 aromatic rings. The molecule has 0 saturated carbocycles. The van der Waals surface area contributed by atoms with Gasteiger partial charge in [0, 0.05) is 17.9 Å². The Morgan fingerprint density at radius 1 is 1.43 bits per heavy atom. The van der Waals surface area contributed by atoms with Gasteiger partial charge in [-0.15, -0.1) is 0 Å². The summed E-state index contributed by atoms with van der Waals surface area (Å²) in [7, 11) is 0. The van der Waals surface area contributed by atoms with Crippen molar-refractivity contribution in [3.63, 3.8) is 0 Å². The zero-order valence-electron chi connectivity index (χ0n) is 13.1. The number of nitro groups is 1. The number of ether oxygens (including phenoxy) is 1. The van der Waals surface area contributed by atoms with Gasteiger partial charge in [-0.05, 0) is 32.8 Å². The number of hydrogen-bond donors (Lipinski definition) is 1. The first-order chi connectivity index (χ1) is 10.7. The first-order valence-corrected chi connectivity index (χ1v) is 8.57. The van der Waals surface area contributed by atoms with Crippen molar-refractivity contribution in [2.24, 2.45) is 0 Å². The van der Waals surface area contributed by atoms with Crippen LogP contribution in [0.1, 0.15) is 38.3 Å². The van der Waals surface area contributed by atoms with Gasteiger partial charge in [0.25, 0.3) is 5.69 Å². The molecule has 2 aliphatic rings. The van der Waals surface area contributed by atoms with Crippen LogP contribution in [0.5, 0.6) is 5.75 Å². The molecular formula is C15H20N2O5S. The summed E-state index contributed by atoms with van der Waals surface area (Å²) in [5.74, 6) is 1.16. The van der Waals surface area contributed by atoms with Crippen LogP contribution >= 0.6 is 11.9 Å². The van der Waals surface area contributed by atoms with Gasteiger partial charge in [0.15, 0.2) is 12.1 Å². The van der Waals surface area contributed by atoms with Crippen molar-refractivity contribution in [2.75, 3.05) is 12.3 Å². The summed E-state index contributed by atoms with van der Waals surface area (Å²) < 4.78 is 5.18. The molecule has 3 atom stereocenters. The number of fused-ring (bicyclic) bond motifs is 1. The number of aliphatic hydroxyl groups excluding tert-OH is 1. The molecule has 3 rings (SSSR count). The summed E-state index contributed by atoms with van der Waals surface area (Å²) in [6.07, 6.45) is 0.711. The van der Waals surface area contributed by atoms with Crippen LogP contribution in [-0.4, -0.2) is 38.1 Å². The Labute approximate surface area is 138 Å². The van der Waals surface area contributed by atoms with Crippen LogP contribution in [0.2, 0.25) is 0 Å². The van der Waals surface area contributed by atoms with Crippen molar-refractivity contribution < 1.29 is 18.8 Å². The summed E-state index contributed by atoms with van der Waals surface area (Å²) in [6, 6.07) is 3.46. The topological polar surface area (TPSA) is 95.7 Å². The highest BCUT2D eigenvalue weighted by Crippen LogP contribution is 2.50. The first kappa shape index (κ1) is 16.5. The number of hydrogen-bond acceptors (Lipinski definition) is 6. The molecule has 0 aromatic heterocycles. The van der Waals surface area contributed by atoms with Gasteiger partial charge in [-0.2, -0.15) is 0 Å². The second-order valence-corrected chi connectivity index (χ2v) is 7.85. The molecule has 1 fully saturated rings. The van der Waals surface area contributed by atoms with Gasteiger partial charge < -0.3 is 15.1 Å². The van der Waals surface area contributed by atoms with E-state index in [1.807, 2.05) is 0 Å². The number of quaternary nitrogens is 1. The van der Waals surface area contributed by atoms with Gasteiger partial charge in [0.1, 0.15) is 11.4 Å². The molecule has 0 amide bonds. The molecule has 2 heterocycles. The van der Waals surface area contributed by atoms with Crippen LogP contribution in [0.15, 0.2) is 18.2 Å². The molecule has 126 valence electrons. The summed E-state index contributed by atoms with van der Waals surface area (Å²) in [4.78, 5) is 10.6. The molecule has 0 radical (unpaired) electrons. The fourth-order valence-corrected chi connectivity index (χ4v) is 4.52. The third-order valence-electron chi connectivity index (χ3n) is 4.50. The molecule has 0 bridgehead atoms. The van der Waals surface area contributed by atoms with E-state index in [1.165, 1.54) is 30.1 Å². The highest BCUT2D eigenvalue weighted by Gasteiger charge is 2.51. The predicted molar refractivity (Wildman–Crippen MR) is 86.7 cm³/mol. The van der Waals surface area contributed by atoms with Crippen molar-refractivity contribution in [1.82, 2.24) is 0 Å². The van der Waals surface area contributed by atoms with Crippen LogP contribution in [0, 0.1) is 15.3 Å². The summed E-state index contributed by atoms with van der Waals surface area (Å²) in [6.45, 7) is 3.84. The van der Waals surface area contributed by atoms with Gasteiger partial charge in [0.2, 0.25) is 0 Å². The van der Waals surface area contributed by atoms with E-state index in [4.69, 9.17) is 4.74 Å². The van der Waals surface area contributed by atoms with E-state index >= 15 is 0 Å². The van der Waals surface area contributed by atoms with Gasteiger partial charge in [0.05, 0.1) is 29.0 Å². The second-order valence-electron chi connectivity index (χ2n) is 6.56. The van der Waals surface area contributed by atoms with Crippen LogP contribution in [-0.2, 0) is 0 Å². The minimum Gasteiger partial charge on any atom is -0.620 e. The van der Waals surface area contributed by atoms with Crippen molar-refractivity contribution in [3.05, 3.63) is 39.1 Å². The van der Waals surface area contributed by atoms with E-state index < -0.39 is 26.7 Å². The largest absolute Gasteiger partial charge is 0.620 e. The van der Waals surface area contributed by atoms with Crippen LogP contribution in [0.4, 0.5) is 5.69 Å². The van der Waals surface area contributed by atoms with Crippen LogP contribution < -0.4 is 4.74 Å². The van der Waals surface area contributed by atoms with Gasteiger partial charge in [-0.3, -0.25) is 14.2 Å². The van der Waals surface area contributed by atoms with Gasteiger partial charge >= 0.3 is 0 Å². The van der Waals surface area contributed by atoms with E-state index in [0.717, 1.165) is 18.6 Å². The standard InChI is InChI=1S/C15H20N2O5S/c1-15(2)14(18)13(17(21)7-3-4-8-23-17)11-9-10(16(19)20)5-6-12(11)22-15/h5-6,9,13-14,18H,3-4,7-8H2,1-2H3. The average molecular weight is 340 g/mol. The molecule has 1 aromatic carbocycles. The van der Waals surface area contributed by atoms with Crippen molar-refractivity contribution in [3.8, 4) is 5.75 Å². The van der Waals surface area contributed by atoms with E-state index in [9.17, 15) is 20.4 Å². The molecular weight excluding hydrogens is 320 g/mol. The average Bonchev–Trinajstić information content (AvgIpc) is 2.48. The number of hydroxylamine groups is 2. The van der Waals surface area contributed by atoms with Crippen molar-refractivity contribution in [2.45, 2.75) is 44.4 Å². The molecule has 0 aliphatic carbocycles. The van der Waals surface area contributed by atoms with E-state index in [2.05, 4.69) is 0 Å². The number of rotatable bonds is 2. The van der Waals surface area contributed by atoms with Crippen molar-refractivity contribution >= 4 is 17.6 Å². The molecule has 1 saturated heterocycles. The minimum atomic E-state index is -1.04. The normalized spacial score (nSPS) is 32.7. The molecule has 1 N–H and O–H groups in total. The Kier molecular flexibility index (Phi) is 4.04. The molecule has 8 heteroatoms. The number of aliphatic hydroxyl groups is 1. The Morgan fingerprint density at radius 3 is 2.78 bits per heavy atom. The Hall–Kier alpha value is -1.35. The third-order valence-corrected chi connectivity index (χ3v) is 5.82. The number of benzene rings is 1. The van der Waals surface area contributed by atoms with E-state index in [-0.39, 0.29) is 5.69 Å². The maximum atomic E-state index is 13.3. The fourth-order valence-electron chi connectivity index (χ4n) is 3.23. The molecule has 23 heavy (non-hydrogen) atoms. The second kappa shape index (κ2) is 5.62. The summed E-state index contributed by atoms with van der Waals surface area (Å²) in [5, 5.41) is 35.2. The number of nitro benzene ring substituents is 1. The Bertz CT molecular complexity index is 630. The fraction of sp³-hybridized carbons (Fsp3) is 0.600. The summed E-state index contributed by atoms with van der Waals surface area (Å²) >= 11 is 1.25. The highest BCUT2D eigenvalue weighted by atomic mass is 32.2. The Morgan fingerprint density at radius 2 is 2.17 bits per heavy atom. The number of non-ortho nitro benzene ring substituents is 1. The lowest BCUT2D eigenvalue weighted by Crippen LogP contribution is -2.57. The summed E-state index contributed by atoms with van der Waals surface area (Å²) in [5.41, 5.74) is -0.602. The zero-order valence-corrected chi connectivity index (χ0v) is 13.9. The molecule has 2 aliphatic heterocycles. The molecule has 7 nitrogen and oxygen atoms in total. The number of nitrogens with zero attached hydrogens (tertiary/aromatic N) is 2. The van der Waals surface area contributed by atoms with Crippen molar-refractivity contribution in [1.29, 1.82) is 0 Å². The quantitative estimate of drug-likeness (QED) is 0.292. The van der Waals surface area contributed by atoms with Gasteiger partial charge in [-0.25, -0.2) is 0 Å². The Balaban J connectivity index is 2.13. The lowest BCUT2D eigenvalue weighted by atomic mass is 9.86. The maximum absolute atomic E-state index is 13.3. The lowest BCUT2D eigenvalue weighted by molar-refractivity contribution is -0.788. The van der Waals surface area contributed by atoms with Crippen LogP contribution in [0.3, 0.4) is 0 Å². The van der Waals surface area contributed by atoms with E-state index in [0.29, 0.717) is 17.9 Å². The van der Waals surface area contributed by atoms with E-state index in [1.54, 1.807) is 13.8 Å². The maximum Gasteiger partial charge on any atom is 0.270 e.